The smallest absolute Gasteiger partial charge is 0.107 e. The Morgan fingerprint density at radius 1 is 0.811 bits per heavy atom. The van der Waals surface area contributed by atoms with Gasteiger partial charge in [0.2, 0.25) is 0 Å². The monoisotopic (exact) mass is 492 g/mol. The summed E-state index contributed by atoms with van der Waals surface area (Å²) in [4.78, 5) is 12.9. The highest BCUT2D eigenvalue weighted by Gasteiger charge is 2.42. The maximum absolute atomic E-state index is 6.85. The molecule has 0 saturated carbocycles. The van der Waals surface area contributed by atoms with Crippen molar-refractivity contribution < 1.29 is 9.68 Å². The van der Waals surface area contributed by atoms with Gasteiger partial charge >= 0.3 is 0 Å². The molecule has 0 bridgehead atoms. The second-order valence-corrected chi connectivity index (χ2v) is 10.2. The summed E-state index contributed by atoms with van der Waals surface area (Å²) in [6, 6.07) is 32.6. The van der Waals surface area contributed by atoms with Crippen molar-refractivity contribution in [1.82, 2.24) is 9.79 Å². The summed E-state index contributed by atoms with van der Waals surface area (Å²) in [6.45, 7) is 0.909. The first-order chi connectivity index (χ1) is 18.3. The predicted octanol–water partition coefficient (Wildman–Crippen LogP) is 7.14. The van der Waals surface area contributed by atoms with E-state index in [4.69, 9.17) is 9.68 Å². The van der Waals surface area contributed by atoms with Crippen molar-refractivity contribution in [1.29, 1.82) is 0 Å². The van der Waals surface area contributed by atoms with Crippen LogP contribution in [0.3, 0.4) is 0 Å². The molecule has 0 saturated heterocycles. The lowest BCUT2D eigenvalue weighted by Gasteiger charge is -2.41. The first-order valence-electron chi connectivity index (χ1n) is 13.7. The molecule has 2 atom stereocenters. The number of benzene rings is 3. The Kier molecular flexibility index (Phi) is 7.11. The fourth-order valence-corrected chi connectivity index (χ4v) is 6.25. The third kappa shape index (κ3) is 4.84. The van der Waals surface area contributed by atoms with Crippen molar-refractivity contribution in [3.63, 3.8) is 0 Å². The van der Waals surface area contributed by atoms with Crippen LogP contribution in [-0.4, -0.2) is 23.4 Å². The minimum atomic E-state index is 0.0994. The molecule has 37 heavy (non-hydrogen) atoms. The highest BCUT2D eigenvalue weighted by Crippen LogP contribution is 2.50. The largest absolute Gasteiger partial charge is 0.417 e. The lowest BCUT2D eigenvalue weighted by molar-refractivity contribution is -0.242. The number of hydrogen-bond donors (Lipinski definition) is 0. The SMILES string of the molecule is COn1c2c3c(c1-c1ccccc1)[C@@H](CCc1ccccc1)N(CCCc1ccccc1)O[C@H]3CCC2. The van der Waals surface area contributed by atoms with Gasteiger partial charge in [-0.15, -0.1) is 0 Å². The summed E-state index contributed by atoms with van der Waals surface area (Å²) in [5, 5.41) is 2.32. The number of aryl methyl sites for hydroxylation is 2. The van der Waals surface area contributed by atoms with Crippen molar-refractivity contribution in [2.75, 3.05) is 13.7 Å². The van der Waals surface area contributed by atoms with Gasteiger partial charge in [0, 0.05) is 23.2 Å². The van der Waals surface area contributed by atoms with E-state index in [1.54, 1.807) is 7.11 Å². The average Bonchev–Trinajstić information content (AvgIpc) is 3.30. The van der Waals surface area contributed by atoms with Crippen LogP contribution in [0, 0.1) is 0 Å². The Morgan fingerprint density at radius 2 is 1.46 bits per heavy atom. The summed E-state index contributed by atoms with van der Waals surface area (Å²) in [5.74, 6) is 0. The molecule has 0 radical (unpaired) electrons. The Labute approximate surface area is 220 Å². The van der Waals surface area contributed by atoms with E-state index >= 15 is 0 Å². The summed E-state index contributed by atoms with van der Waals surface area (Å²) in [6.07, 6.45) is 7.43. The van der Waals surface area contributed by atoms with Crippen LogP contribution in [0.25, 0.3) is 11.3 Å². The predicted molar refractivity (Wildman–Crippen MR) is 148 cm³/mol. The Hall–Kier alpha value is -3.34. The standard InChI is InChI=1S/C33H36N2O2/c1-36-35-29-20-11-21-30-31(29)32(33(35)27-18-9-4-10-19-27)28(23-22-26-15-7-3-8-16-26)34(37-30)24-12-17-25-13-5-2-6-14-25/h2-10,13-16,18-19,28,30H,11-12,17,20-24H2,1H3/t28-,30+/m1/s1. The minimum Gasteiger partial charge on any atom is -0.417 e. The van der Waals surface area contributed by atoms with Crippen LogP contribution < -0.4 is 4.84 Å². The highest BCUT2D eigenvalue weighted by atomic mass is 16.7. The lowest BCUT2D eigenvalue weighted by atomic mass is 9.85. The molecule has 4 nitrogen and oxygen atoms in total. The van der Waals surface area contributed by atoms with Crippen LogP contribution in [-0.2, 0) is 24.1 Å². The van der Waals surface area contributed by atoms with E-state index in [1.165, 1.54) is 39.2 Å². The number of nitrogens with zero attached hydrogens (tertiary/aromatic N) is 2. The quantitative estimate of drug-likeness (QED) is 0.248. The second kappa shape index (κ2) is 11.0. The van der Waals surface area contributed by atoms with Crippen molar-refractivity contribution in [3.05, 3.63) is 119 Å². The molecule has 6 rings (SSSR count). The van der Waals surface area contributed by atoms with Crippen molar-refractivity contribution >= 4 is 0 Å². The topological polar surface area (TPSA) is 26.6 Å². The van der Waals surface area contributed by atoms with E-state index in [0.29, 0.717) is 0 Å². The molecule has 0 unspecified atom stereocenters. The summed E-state index contributed by atoms with van der Waals surface area (Å²) in [7, 11) is 1.80. The van der Waals surface area contributed by atoms with Crippen LogP contribution in [0.15, 0.2) is 91.0 Å². The van der Waals surface area contributed by atoms with Gasteiger partial charge in [0.1, 0.15) is 13.2 Å². The molecular formula is C33H36N2O2. The molecule has 2 heterocycles. The van der Waals surface area contributed by atoms with E-state index < -0.39 is 0 Å². The highest BCUT2D eigenvalue weighted by molar-refractivity contribution is 5.69. The maximum atomic E-state index is 6.85. The Morgan fingerprint density at radius 3 is 2.14 bits per heavy atom. The van der Waals surface area contributed by atoms with Gasteiger partial charge in [0.05, 0.1) is 17.4 Å². The molecule has 1 aliphatic carbocycles. The molecule has 4 heteroatoms. The molecule has 3 aromatic carbocycles. The third-order valence-electron chi connectivity index (χ3n) is 7.92. The number of hydrogen-bond acceptors (Lipinski definition) is 3. The molecular weight excluding hydrogens is 456 g/mol. The minimum absolute atomic E-state index is 0.0994. The fourth-order valence-electron chi connectivity index (χ4n) is 6.25. The second-order valence-electron chi connectivity index (χ2n) is 10.2. The fraction of sp³-hybridized carbons (Fsp3) is 0.333. The number of hydroxylamine groups is 2. The van der Waals surface area contributed by atoms with E-state index in [2.05, 4.69) is 101 Å². The third-order valence-corrected chi connectivity index (χ3v) is 7.92. The first-order valence-corrected chi connectivity index (χ1v) is 13.7. The summed E-state index contributed by atoms with van der Waals surface area (Å²) in [5.41, 5.74) is 9.25. The van der Waals surface area contributed by atoms with Gasteiger partial charge in [0.15, 0.2) is 0 Å². The van der Waals surface area contributed by atoms with E-state index in [-0.39, 0.29) is 12.1 Å². The normalized spacial score (nSPS) is 18.9. The molecule has 190 valence electrons. The van der Waals surface area contributed by atoms with Crippen LogP contribution in [0.2, 0.25) is 0 Å². The van der Waals surface area contributed by atoms with Crippen LogP contribution in [0.4, 0.5) is 0 Å². The number of rotatable bonds is 9. The average molecular weight is 493 g/mol. The van der Waals surface area contributed by atoms with Crippen molar-refractivity contribution in [3.8, 4) is 11.3 Å². The molecule has 0 spiro atoms. The summed E-state index contributed by atoms with van der Waals surface area (Å²) < 4.78 is 2.11. The van der Waals surface area contributed by atoms with Gasteiger partial charge in [-0.2, -0.15) is 9.79 Å². The van der Waals surface area contributed by atoms with E-state index in [1.807, 2.05) is 0 Å². The Balaban J connectivity index is 1.39. The maximum Gasteiger partial charge on any atom is 0.107 e. The molecule has 1 aromatic heterocycles. The van der Waals surface area contributed by atoms with Crippen LogP contribution in [0.5, 0.6) is 0 Å². The summed E-state index contributed by atoms with van der Waals surface area (Å²) >= 11 is 0. The van der Waals surface area contributed by atoms with Gasteiger partial charge in [-0.25, -0.2) is 0 Å². The first kappa shape index (κ1) is 24.0. The van der Waals surface area contributed by atoms with E-state index in [9.17, 15) is 0 Å². The molecule has 4 aromatic rings. The Bertz CT molecular complexity index is 1300. The zero-order valence-electron chi connectivity index (χ0n) is 21.7. The van der Waals surface area contributed by atoms with Crippen molar-refractivity contribution in [2.24, 2.45) is 0 Å². The molecule has 0 fully saturated rings. The van der Waals surface area contributed by atoms with Gasteiger partial charge in [-0.1, -0.05) is 91.0 Å². The zero-order chi connectivity index (χ0) is 25.0. The van der Waals surface area contributed by atoms with E-state index in [0.717, 1.165) is 51.5 Å². The van der Waals surface area contributed by atoms with Crippen LogP contribution in [0.1, 0.15) is 65.8 Å². The van der Waals surface area contributed by atoms with Gasteiger partial charge in [-0.3, -0.25) is 4.84 Å². The molecule has 0 amide bonds. The van der Waals surface area contributed by atoms with Gasteiger partial charge < -0.3 is 4.84 Å². The van der Waals surface area contributed by atoms with Gasteiger partial charge in [-0.05, 0) is 56.1 Å². The van der Waals surface area contributed by atoms with Crippen LogP contribution >= 0.6 is 0 Å². The van der Waals surface area contributed by atoms with Crippen molar-refractivity contribution in [2.45, 2.75) is 57.1 Å². The molecule has 1 aliphatic heterocycles. The molecule has 0 N–H and O–H groups in total. The lowest BCUT2D eigenvalue weighted by Crippen LogP contribution is -2.38. The zero-order valence-corrected chi connectivity index (χ0v) is 21.7. The number of aromatic nitrogens is 1. The van der Waals surface area contributed by atoms with Gasteiger partial charge in [0.25, 0.3) is 0 Å². The molecule has 2 aliphatic rings.